The molecule has 104 valence electrons. The maximum Gasteiger partial charge on any atom is 0.335 e. The van der Waals surface area contributed by atoms with Gasteiger partial charge in [-0.2, -0.15) is 0 Å². The summed E-state index contributed by atoms with van der Waals surface area (Å²) in [6.07, 6.45) is 1.91. The van der Waals surface area contributed by atoms with Gasteiger partial charge in [0, 0.05) is 12.2 Å². The summed E-state index contributed by atoms with van der Waals surface area (Å²) in [6.45, 7) is 3.42. The minimum atomic E-state index is -0.888. The maximum atomic E-state index is 11.0. The molecule has 1 aliphatic heterocycles. The summed E-state index contributed by atoms with van der Waals surface area (Å²) in [5.41, 5.74) is 4.10. The fourth-order valence-corrected chi connectivity index (χ4v) is 2.55. The first-order valence-corrected chi connectivity index (χ1v) is 6.54. The Hall–Kier alpha value is -2.37. The number of carboxylic acid groups (broad SMARTS) is 1. The van der Waals surface area contributed by atoms with Crippen molar-refractivity contribution in [2.45, 2.75) is 26.3 Å². The van der Waals surface area contributed by atoms with E-state index in [1.165, 1.54) is 0 Å². The number of hydrogen-bond acceptors (Lipinski definition) is 5. The SMILES string of the molecule is Cc1nonc1CN1CCCc2cc(C(=O)O)ccc21. The Balaban J connectivity index is 1.90. The molecule has 0 saturated carbocycles. The normalized spacial score (nSPS) is 14.2. The first kappa shape index (κ1) is 12.7. The lowest BCUT2D eigenvalue weighted by Crippen LogP contribution is -2.29. The second-order valence-corrected chi connectivity index (χ2v) is 4.97. The molecule has 0 radical (unpaired) electrons. The van der Waals surface area contributed by atoms with Crippen LogP contribution in [-0.2, 0) is 13.0 Å². The highest BCUT2D eigenvalue weighted by atomic mass is 16.6. The quantitative estimate of drug-likeness (QED) is 0.921. The predicted molar refractivity (Wildman–Crippen MR) is 71.8 cm³/mol. The zero-order valence-electron chi connectivity index (χ0n) is 11.2. The van der Waals surface area contributed by atoms with Crippen molar-refractivity contribution in [3.63, 3.8) is 0 Å². The number of carbonyl (C=O) groups is 1. The van der Waals surface area contributed by atoms with Crippen LogP contribution in [0.3, 0.4) is 0 Å². The molecule has 3 rings (SSSR count). The van der Waals surface area contributed by atoms with E-state index in [9.17, 15) is 4.79 Å². The maximum absolute atomic E-state index is 11.0. The Morgan fingerprint density at radius 2 is 2.30 bits per heavy atom. The van der Waals surface area contributed by atoms with Gasteiger partial charge < -0.3 is 10.0 Å². The molecule has 2 aromatic rings. The molecule has 1 N–H and O–H groups in total. The van der Waals surface area contributed by atoms with Crippen LogP contribution in [-0.4, -0.2) is 27.9 Å². The lowest BCUT2D eigenvalue weighted by Gasteiger charge is -2.30. The van der Waals surface area contributed by atoms with Crippen molar-refractivity contribution >= 4 is 11.7 Å². The van der Waals surface area contributed by atoms with Crippen molar-refractivity contribution < 1.29 is 14.5 Å². The standard InChI is InChI=1S/C14H15N3O3/c1-9-12(16-20-15-9)8-17-6-2-3-10-7-11(14(18)19)4-5-13(10)17/h4-5,7H,2-3,6,8H2,1H3,(H,18,19). The van der Waals surface area contributed by atoms with Gasteiger partial charge in [-0.25, -0.2) is 9.42 Å². The van der Waals surface area contributed by atoms with E-state index in [1.54, 1.807) is 12.1 Å². The van der Waals surface area contributed by atoms with Crippen molar-refractivity contribution in [2.24, 2.45) is 0 Å². The molecule has 20 heavy (non-hydrogen) atoms. The number of rotatable bonds is 3. The molecule has 2 heterocycles. The Bertz CT molecular complexity index is 651. The minimum absolute atomic E-state index is 0.338. The van der Waals surface area contributed by atoms with E-state index < -0.39 is 5.97 Å². The monoisotopic (exact) mass is 273 g/mol. The van der Waals surface area contributed by atoms with E-state index in [0.717, 1.165) is 42.0 Å². The Morgan fingerprint density at radius 3 is 3.00 bits per heavy atom. The molecule has 1 aromatic heterocycles. The lowest BCUT2D eigenvalue weighted by molar-refractivity contribution is 0.0697. The van der Waals surface area contributed by atoms with Crippen molar-refractivity contribution in [3.8, 4) is 0 Å². The number of aromatic nitrogens is 2. The molecule has 0 spiro atoms. The van der Waals surface area contributed by atoms with Gasteiger partial charge in [-0.3, -0.25) is 0 Å². The van der Waals surface area contributed by atoms with Gasteiger partial charge in [0.05, 0.1) is 12.1 Å². The topological polar surface area (TPSA) is 79.5 Å². The fraction of sp³-hybridized carbons (Fsp3) is 0.357. The van der Waals surface area contributed by atoms with E-state index >= 15 is 0 Å². The van der Waals surface area contributed by atoms with Gasteiger partial charge in [0.2, 0.25) is 0 Å². The van der Waals surface area contributed by atoms with Crippen LogP contribution >= 0.6 is 0 Å². The fourth-order valence-electron chi connectivity index (χ4n) is 2.55. The Morgan fingerprint density at radius 1 is 1.45 bits per heavy atom. The van der Waals surface area contributed by atoms with Gasteiger partial charge in [-0.1, -0.05) is 10.3 Å². The summed E-state index contributed by atoms with van der Waals surface area (Å²) in [5.74, 6) is -0.888. The van der Waals surface area contributed by atoms with Crippen LogP contribution in [0.25, 0.3) is 0 Å². The van der Waals surface area contributed by atoms with Crippen LogP contribution in [0.4, 0.5) is 5.69 Å². The molecular weight excluding hydrogens is 258 g/mol. The van der Waals surface area contributed by atoms with Gasteiger partial charge in [-0.15, -0.1) is 0 Å². The van der Waals surface area contributed by atoms with Crippen LogP contribution in [0.2, 0.25) is 0 Å². The molecule has 6 nitrogen and oxygen atoms in total. The number of fused-ring (bicyclic) bond motifs is 1. The lowest BCUT2D eigenvalue weighted by atomic mass is 9.99. The third-order valence-corrected chi connectivity index (χ3v) is 3.63. The first-order valence-electron chi connectivity index (χ1n) is 6.54. The summed E-state index contributed by atoms with van der Waals surface area (Å²) < 4.78 is 4.72. The van der Waals surface area contributed by atoms with Crippen molar-refractivity contribution in [2.75, 3.05) is 11.4 Å². The predicted octanol–water partition coefficient (Wildman–Crippen LogP) is 2.03. The number of carboxylic acids is 1. The number of benzene rings is 1. The number of aromatic carboxylic acids is 1. The number of hydrogen-bond donors (Lipinski definition) is 1. The Kier molecular flexibility index (Phi) is 3.14. The highest BCUT2D eigenvalue weighted by Crippen LogP contribution is 2.29. The summed E-state index contributed by atoms with van der Waals surface area (Å²) in [4.78, 5) is 13.2. The third kappa shape index (κ3) is 2.24. The molecule has 0 fully saturated rings. The second-order valence-electron chi connectivity index (χ2n) is 4.97. The van der Waals surface area contributed by atoms with Gasteiger partial charge in [-0.05, 0) is 43.5 Å². The molecule has 1 aliphatic rings. The summed E-state index contributed by atoms with van der Waals surface area (Å²) in [5, 5.41) is 16.7. The molecule has 6 heteroatoms. The van der Waals surface area contributed by atoms with Crippen LogP contribution in [0, 0.1) is 6.92 Å². The molecular formula is C14H15N3O3. The molecule has 0 amide bonds. The average molecular weight is 273 g/mol. The average Bonchev–Trinajstić information content (AvgIpc) is 2.84. The summed E-state index contributed by atoms with van der Waals surface area (Å²) in [7, 11) is 0. The minimum Gasteiger partial charge on any atom is -0.478 e. The van der Waals surface area contributed by atoms with E-state index in [-0.39, 0.29) is 0 Å². The molecule has 0 bridgehead atoms. The summed E-state index contributed by atoms with van der Waals surface area (Å²) in [6, 6.07) is 5.28. The molecule has 0 atom stereocenters. The van der Waals surface area contributed by atoms with Gasteiger partial charge in [0.15, 0.2) is 0 Å². The van der Waals surface area contributed by atoms with Gasteiger partial charge in [0.1, 0.15) is 11.4 Å². The number of nitrogens with zero attached hydrogens (tertiary/aromatic N) is 3. The first-order chi connectivity index (χ1) is 9.65. The van der Waals surface area contributed by atoms with E-state index in [2.05, 4.69) is 15.2 Å². The molecule has 0 unspecified atom stereocenters. The Labute approximate surface area is 116 Å². The van der Waals surface area contributed by atoms with Crippen molar-refractivity contribution in [1.29, 1.82) is 0 Å². The van der Waals surface area contributed by atoms with Crippen LogP contribution < -0.4 is 4.90 Å². The van der Waals surface area contributed by atoms with E-state index in [0.29, 0.717) is 12.1 Å². The molecule has 1 aromatic carbocycles. The number of anilines is 1. The van der Waals surface area contributed by atoms with E-state index in [1.807, 2.05) is 13.0 Å². The largest absolute Gasteiger partial charge is 0.478 e. The van der Waals surface area contributed by atoms with Gasteiger partial charge in [0.25, 0.3) is 0 Å². The van der Waals surface area contributed by atoms with Crippen molar-refractivity contribution in [3.05, 3.63) is 40.7 Å². The smallest absolute Gasteiger partial charge is 0.335 e. The van der Waals surface area contributed by atoms with Crippen LogP contribution in [0.5, 0.6) is 0 Å². The highest BCUT2D eigenvalue weighted by Gasteiger charge is 2.20. The van der Waals surface area contributed by atoms with Crippen LogP contribution in [0.15, 0.2) is 22.8 Å². The van der Waals surface area contributed by atoms with Crippen LogP contribution in [0.1, 0.15) is 33.7 Å². The molecule has 0 saturated heterocycles. The molecule has 0 aliphatic carbocycles. The van der Waals surface area contributed by atoms with Gasteiger partial charge >= 0.3 is 5.97 Å². The third-order valence-electron chi connectivity index (χ3n) is 3.63. The van der Waals surface area contributed by atoms with E-state index in [4.69, 9.17) is 9.74 Å². The summed E-state index contributed by atoms with van der Waals surface area (Å²) >= 11 is 0. The second kappa shape index (κ2) is 4.96. The number of aryl methyl sites for hydroxylation is 2. The van der Waals surface area contributed by atoms with Crippen molar-refractivity contribution in [1.82, 2.24) is 10.3 Å². The zero-order valence-corrected chi connectivity index (χ0v) is 11.2. The highest BCUT2D eigenvalue weighted by molar-refractivity contribution is 5.88. The zero-order chi connectivity index (χ0) is 14.1.